The van der Waals surface area contributed by atoms with Crippen LogP contribution in [0, 0.1) is 0 Å². The highest BCUT2D eigenvalue weighted by Crippen LogP contribution is 2.41. The van der Waals surface area contributed by atoms with Crippen LogP contribution in [0.15, 0.2) is 197 Å². The van der Waals surface area contributed by atoms with E-state index in [0.29, 0.717) is 17.5 Å². The molecule has 12 aromatic rings. The first kappa shape index (κ1) is 32.4. The first-order chi connectivity index (χ1) is 28.7. The summed E-state index contributed by atoms with van der Waals surface area (Å²) in [5.41, 5.74) is 10.6. The maximum atomic E-state index is 6.31. The van der Waals surface area contributed by atoms with Crippen LogP contribution < -0.4 is 0 Å². The van der Waals surface area contributed by atoms with E-state index < -0.39 is 0 Å². The van der Waals surface area contributed by atoms with Gasteiger partial charge in [0.1, 0.15) is 22.3 Å². The highest BCUT2D eigenvalue weighted by Gasteiger charge is 2.20. The van der Waals surface area contributed by atoms with Crippen LogP contribution in [0.25, 0.3) is 122 Å². The molecule has 0 atom stereocenters. The lowest BCUT2D eigenvalue weighted by Gasteiger charge is -2.14. The number of para-hydroxylation sites is 2. The fourth-order valence-corrected chi connectivity index (χ4v) is 8.64. The molecule has 0 bridgehead atoms. The van der Waals surface area contributed by atoms with E-state index in [1.165, 1.54) is 5.39 Å². The fraction of sp³-hybridized carbons (Fsp3) is 0. The molecule has 0 aliphatic heterocycles. The molecule has 58 heavy (non-hydrogen) atoms. The Bertz CT molecular complexity index is 3580. The van der Waals surface area contributed by atoms with Gasteiger partial charge < -0.3 is 8.83 Å². The van der Waals surface area contributed by atoms with E-state index in [0.717, 1.165) is 99.0 Å². The minimum absolute atomic E-state index is 0.586. The van der Waals surface area contributed by atoms with Crippen molar-refractivity contribution in [1.82, 2.24) is 15.0 Å². The van der Waals surface area contributed by atoms with Gasteiger partial charge in [0, 0.05) is 38.2 Å². The normalized spacial score (nSPS) is 11.8. The summed E-state index contributed by atoms with van der Waals surface area (Å²) in [6.45, 7) is 0. The summed E-state index contributed by atoms with van der Waals surface area (Å²) in [6.07, 6.45) is 0. The van der Waals surface area contributed by atoms with Crippen molar-refractivity contribution < 1.29 is 8.83 Å². The van der Waals surface area contributed by atoms with Gasteiger partial charge in [-0.2, -0.15) is 0 Å². The summed E-state index contributed by atoms with van der Waals surface area (Å²) in [4.78, 5) is 15.7. The van der Waals surface area contributed by atoms with Crippen LogP contribution in [0.1, 0.15) is 0 Å². The SMILES string of the molecule is c1ccc(-c2cccc(-c3nc(-c4ccc(-c5ccc6c(ccc7oc8ccccc8c76)c5)c5ccccc45)nc(-c4cccc5oc6ccccc6c45)n3)c2)cc1. The number of benzene rings is 9. The van der Waals surface area contributed by atoms with Crippen molar-refractivity contribution in [2.75, 3.05) is 0 Å². The van der Waals surface area contributed by atoms with Crippen molar-refractivity contribution in [1.29, 1.82) is 0 Å². The number of fused-ring (bicyclic) bond motifs is 9. The van der Waals surface area contributed by atoms with Crippen molar-refractivity contribution in [2.45, 2.75) is 0 Å². The molecular formula is C53H31N3O2. The van der Waals surface area contributed by atoms with Gasteiger partial charge in [0.15, 0.2) is 17.5 Å². The van der Waals surface area contributed by atoms with Gasteiger partial charge in [-0.25, -0.2) is 15.0 Å². The summed E-state index contributed by atoms with van der Waals surface area (Å²) >= 11 is 0. The fourth-order valence-electron chi connectivity index (χ4n) is 8.64. The van der Waals surface area contributed by atoms with Crippen LogP contribution >= 0.6 is 0 Å². The zero-order valence-corrected chi connectivity index (χ0v) is 31.1. The van der Waals surface area contributed by atoms with Gasteiger partial charge >= 0.3 is 0 Å². The number of hydrogen-bond donors (Lipinski definition) is 0. The molecule has 0 aliphatic rings. The molecular weight excluding hydrogens is 711 g/mol. The summed E-state index contributed by atoms with van der Waals surface area (Å²) in [6, 6.07) is 65.2. The summed E-state index contributed by atoms with van der Waals surface area (Å²) in [5, 5.41) is 8.80. The molecule has 9 aromatic carbocycles. The second-order valence-corrected chi connectivity index (χ2v) is 14.7. The number of furan rings is 2. The van der Waals surface area contributed by atoms with Gasteiger partial charge in [0.25, 0.3) is 0 Å². The lowest BCUT2D eigenvalue weighted by Crippen LogP contribution is -2.01. The molecule has 0 saturated heterocycles. The number of hydrogen-bond acceptors (Lipinski definition) is 5. The Kier molecular flexibility index (Phi) is 7.16. The van der Waals surface area contributed by atoms with Crippen molar-refractivity contribution >= 4 is 65.4 Å². The minimum Gasteiger partial charge on any atom is -0.456 e. The monoisotopic (exact) mass is 741 g/mol. The third-order valence-electron chi connectivity index (χ3n) is 11.3. The molecule has 0 aliphatic carbocycles. The van der Waals surface area contributed by atoms with Gasteiger partial charge in [-0.1, -0.05) is 146 Å². The smallest absolute Gasteiger partial charge is 0.164 e. The minimum atomic E-state index is 0.586. The first-order valence-electron chi connectivity index (χ1n) is 19.4. The van der Waals surface area contributed by atoms with Crippen LogP contribution in [0.4, 0.5) is 0 Å². The Balaban J connectivity index is 1.06. The maximum absolute atomic E-state index is 6.31. The lowest BCUT2D eigenvalue weighted by atomic mass is 9.92. The Morgan fingerprint density at radius 2 is 0.845 bits per heavy atom. The highest BCUT2D eigenvalue weighted by atomic mass is 16.3. The topological polar surface area (TPSA) is 65.0 Å². The zero-order chi connectivity index (χ0) is 38.2. The van der Waals surface area contributed by atoms with Crippen LogP contribution in [0.2, 0.25) is 0 Å². The summed E-state index contributed by atoms with van der Waals surface area (Å²) < 4.78 is 12.5. The average molecular weight is 742 g/mol. The molecule has 0 N–H and O–H groups in total. The summed E-state index contributed by atoms with van der Waals surface area (Å²) in [5.74, 6) is 1.79. The van der Waals surface area contributed by atoms with E-state index in [1.807, 2.05) is 48.5 Å². The molecule has 0 amide bonds. The molecule has 270 valence electrons. The Morgan fingerprint density at radius 1 is 0.276 bits per heavy atom. The number of rotatable bonds is 5. The standard InChI is InChI=1S/C53H31N3O2/c1-2-12-32(13-3-1)33-14-10-15-36(30-33)51-54-52(56-53(55-51)44-20-11-23-47-50(44)43-19-7-9-22-46(43)57-47)41-28-27-37(39-16-4-5-17-40(39)41)34-24-26-38-35(31-34)25-29-48-49(38)42-18-6-8-21-45(42)58-48/h1-31H. The van der Waals surface area contributed by atoms with Gasteiger partial charge in [0.05, 0.1) is 0 Å². The second-order valence-electron chi connectivity index (χ2n) is 14.7. The number of aromatic nitrogens is 3. The average Bonchev–Trinajstić information content (AvgIpc) is 3.88. The first-order valence-corrected chi connectivity index (χ1v) is 19.4. The van der Waals surface area contributed by atoms with E-state index in [-0.39, 0.29) is 0 Å². The third-order valence-corrected chi connectivity index (χ3v) is 11.3. The van der Waals surface area contributed by atoms with E-state index in [1.54, 1.807) is 0 Å². The molecule has 3 heterocycles. The van der Waals surface area contributed by atoms with Gasteiger partial charge in [-0.05, 0) is 86.3 Å². The predicted octanol–water partition coefficient (Wildman–Crippen LogP) is 14.3. The third kappa shape index (κ3) is 5.14. The van der Waals surface area contributed by atoms with Crippen molar-refractivity contribution in [2.24, 2.45) is 0 Å². The highest BCUT2D eigenvalue weighted by molar-refractivity contribution is 6.19. The van der Waals surface area contributed by atoms with Crippen LogP contribution in [0.5, 0.6) is 0 Å². The lowest BCUT2D eigenvalue weighted by molar-refractivity contribution is 0.668. The van der Waals surface area contributed by atoms with Gasteiger partial charge in [-0.15, -0.1) is 0 Å². The molecule has 3 aromatic heterocycles. The van der Waals surface area contributed by atoms with Gasteiger partial charge in [-0.3, -0.25) is 0 Å². The Hall–Kier alpha value is -7.89. The van der Waals surface area contributed by atoms with Crippen molar-refractivity contribution in [3.63, 3.8) is 0 Å². The Morgan fingerprint density at radius 3 is 1.64 bits per heavy atom. The van der Waals surface area contributed by atoms with Gasteiger partial charge in [0.2, 0.25) is 0 Å². The molecule has 5 nitrogen and oxygen atoms in total. The van der Waals surface area contributed by atoms with E-state index in [9.17, 15) is 0 Å². The summed E-state index contributed by atoms with van der Waals surface area (Å²) in [7, 11) is 0. The molecule has 12 rings (SSSR count). The van der Waals surface area contributed by atoms with Crippen LogP contribution in [-0.4, -0.2) is 15.0 Å². The maximum Gasteiger partial charge on any atom is 0.164 e. The van der Waals surface area contributed by atoms with E-state index in [2.05, 4.69) is 140 Å². The molecule has 0 saturated carbocycles. The predicted molar refractivity (Wildman–Crippen MR) is 237 cm³/mol. The van der Waals surface area contributed by atoms with Crippen LogP contribution in [-0.2, 0) is 0 Å². The quantitative estimate of drug-likeness (QED) is 0.176. The molecule has 5 heteroatoms. The largest absolute Gasteiger partial charge is 0.456 e. The van der Waals surface area contributed by atoms with E-state index in [4.69, 9.17) is 23.8 Å². The zero-order valence-electron chi connectivity index (χ0n) is 31.1. The number of nitrogens with zero attached hydrogens (tertiary/aromatic N) is 3. The Labute approximate surface area is 332 Å². The molecule has 0 spiro atoms. The second kappa shape index (κ2) is 12.8. The molecule has 0 fully saturated rings. The van der Waals surface area contributed by atoms with Crippen molar-refractivity contribution in [3.05, 3.63) is 188 Å². The van der Waals surface area contributed by atoms with E-state index >= 15 is 0 Å². The molecule has 0 radical (unpaired) electrons. The molecule has 0 unspecified atom stereocenters. The van der Waals surface area contributed by atoms with Crippen LogP contribution in [0.3, 0.4) is 0 Å². The van der Waals surface area contributed by atoms with Crippen molar-refractivity contribution in [3.8, 4) is 56.4 Å².